The van der Waals surface area contributed by atoms with Crippen LogP contribution in [0.15, 0.2) is 30.3 Å². The minimum absolute atomic E-state index is 0.0731. The summed E-state index contributed by atoms with van der Waals surface area (Å²) in [6, 6.07) is 10.8. The Bertz CT molecular complexity index is 208. The van der Waals surface area contributed by atoms with E-state index in [9.17, 15) is 0 Å². The second kappa shape index (κ2) is 3.22. The second-order valence-corrected chi connectivity index (χ2v) is 7.51. The van der Waals surface area contributed by atoms with E-state index in [2.05, 4.69) is 51.1 Å². The van der Waals surface area contributed by atoms with Gasteiger partial charge in [0.1, 0.15) is 0 Å². The molecule has 0 saturated heterocycles. The molecule has 0 heterocycles. The van der Waals surface area contributed by atoms with Crippen molar-refractivity contribution in [1.29, 1.82) is 0 Å². The van der Waals surface area contributed by atoms with Crippen LogP contribution in [0.5, 0.6) is 0 Å². The third-order valence-corrected chi connectivity index (χ3v) is 3.52. The molecule has 0 amide bonds. The molecular weight excluding hydrogens is 148 g/mol. The first-order valence-electron chi connectivity index (χ1n) is 4.12. The van der Waals surface area contributed by atoms with Gasteiger partial charge in [0.25, 0.3) is 0 Å². The predicted octanol–water partition coefficient (Wildman–Crippen LogP) is 1.70. The molecule has 0 atom stereocenters. The van der Waals surface area contributed by atoms with Crippen molar-refractivity contribution in [3.8, 4) is 0 Å². The number of rotatable bonds is 1. The third kappa shape index (κ3) is 3.37. The van der Waals surface area contributed by atoms with E-state index in [1.54, 1.807) is 5.19 Å². The highest BCUT2D eigenvalue weighted by atomic mass is 28.2. The molecule has 11 heavy (non-hydrogen) atoms. The van der Waals surface area contributed by atoms with Gasteiger partial charge >= 0.3 is 0 Å². The van der Waals surface area contributed by atoms with Crippen LogP contribution in [-0.4, -0.2) is 9.52 Å². The van der Waals surface area contributed by atoms with Crippen molar-refractivity contribution < 1.29 is 0 Å². The van der Waals surface area contributed by atoms with Crippen LogP contribution in [0.2, 0.25) is 5.04 Å². The SMILES string of the molecule is CC(C)(C)[SiH2]c1ccccc1. The fourth-order valence-corrected chi connectivity index (χ4v) is 2.94. The first-order chi connectivity index (χ1) is 5.08. The van der Waals surface area contributed by atoms with E-state index in [0.29, 0.717) is 5.04 Å². The molecular formula is C10H16Si. The average molecular weight is 164 g/mol. The summed E-state index contributed by atoms with van der Waals surface area (Å²) in [6.45, 7) is 6.98. The zero-order valence-corrected chi connectivity index (χ0v) is 9.01. The molecule has 0 aliphatic carbocycles. The molecule has 1 heteroatoms. The number of hydrogen-bond acceptors (Lipinski definition) is 0. The van der Waals surface area contributed by atoms with Gasteiger partial charge in [-0.25, -0.2) is 0 Å². The van der Waals surface area contributed by atoms with E-state index in [0.717, 1.165) is 0 Å². The van der Waals surface area contributed by atoms with Crippen LogP contribution in [0.4, 0.5) is 0 Å². The average Bonchev–Trinajstić information content (AvgIpc) is 1.85. The summed E-state index contributed by atoms with van der Waals surface area (Å²) in [5.74, 6) is 0. The van der Waals surface area contributed by atoms with Crippen molar-refractivity contribution in [2.75, 3.05) is 0 Å². The van der Waals surface area contributed by atoms with Crippen molar-refractivity contribution in [3.63, 3.8) is 0 Å². The maximum Gasteiger partial charge on any atom is 0.0601 e. The Hall–Kier alpha value is -0.563. The Morgan fingerprint density at radius 1 is 1.00 bits per heavy atom. The van der Waals surface area contributed by atoms with Gasteiger partial charge in [-0.05, 0) is 5.04 Å². The molecule has 0 aromatic heterocycles. The van der Waals surface area contributed by atoms with Crippen LogP contribution in [0, 0.1) is 0 Å². The zero-order chi connectivity index (χ0) is 8.32. The normalized spacial score (nSPS) is 12.6. The van der Waals surface area contributed by atoms with Crippen molar-refractivity contribution in [2.24, 2.45) is 0 Å². The monoisotopic (exact) mass is 164 g/mol. The lowest BCUT2D eigenvalue weighted by molar-refractivity contribution is 0.759. The smallest absolute Gasteiger partial charge is 0.0601 e. The fourth-order valence-electron chi connectivity index (χ4n) is 1.21. The van der Waals surface area contributed by atoms with Crippen LogP contribution >= 0.6 is 0 Å². The molecule has 0 nitrogen and oxygen atoms in total. The molecule has 0 spiro atoms. The van der Waals surface area contributed by atoms with Crippen LogP contribution in [0.25, 0.3) is 0 Å². The topological polar surface area (TPSA) is 0 Å². The summed E-state index contributed by atoms with van der Waals surface area (Å²) < 4.78 is 0. The van der Waals surface area contributed by atoms with Gasteiger partial charge in [0, 0.05) is 0 Å². The number of hydrogen-bond donors (Lipinski definition) is 0. The zero-order valence-electron chi connectivity index (χ0n) is 7.59. The Labute approximate surface area is 71.5 Å². The maximum atomic E-state index is 2.33. The van der Waals surface area contributed by atoms with E-state index < -0.39 is 0 Å². The van der Waals surface area contributed by atoms with Crippen molar-refractivity contribution >= 4 is 14.7 Å². The lowest BCUT2D eigenvalue weighted by atomic mass is 10.2. The third-order valence-electron chi connectivity index (χ3n) is 1.58. The molecule has 0 bridgehead atoms. The summed E-state index contributed by atoms with van der Waals surface area (Å²) in [6.07, 6.45) is 0. The van der Waals surface area contributed by atoms with Gasteiger partial charge in [0.05, 0.1) is 9.52 Å². The van der Waals surface area contributed by atoms with Crippen LogP contribution in [-0.2, 0) is 0 Å². The molecule has 0 radical (unpaired) electrons. The summed E-state index contributed by atoms with van der Waals surface area (Å²) in [7, 11) is -0.0731. The highest BCUT2D eigenvalue weighted by Gasteiger charge is 2.10. The largest absolute Gasteiger partial charge is 0.0664 e. The van der Waals surface area contributed by atoms with Gasteiger partial charge in [-0.15, -0.1) is 0 Å². The van der Waals surface area contributed by atoms with E-state index in [-0.39, 0.29) is 9.52 Å². The summed E-state index contributed by atoms with van der Waals surface area (Å²) in [5.41, 5.74) is 0. The first kappa shape index (κ1) is 8.53. The highest BCUT2D eigenvalue weighted by molar-refractivity contribution is 6.56. The molecule has 0 aliphatic heterocycles. The summed E-state index contributed by atoms with van der Waals surface area (Å²) >= 11 is 0. The molecule has 1 aromatic rings. The first-order valence-corrected chi connectivity index (χ1v) is 5.53. The summed E-state index contributed by atoms with van der Waals surface area (Å²) in [5, 5.41) is 2.11. The lowest BCUT2D eigenvalue weighted by Gasteiger charge is -2.16. The van der Waals surface area contributed by atoms with Gasteiger partial charge in [-0.1, -0.05) is 56.3 Å². The van der Waals surface area contributed by atoms with Crippen molar-refractivity contribution in [2.45, 2.75) is 25.8 Å². The molecule has 0 N–H and O–H groups in total. The Morgan fingerprint density at radius 2 is 1.55 bits per heavy atom. The molecule has 1 rings (SSSR count). The van der Waals surface area contributed by atoms with Gasteiger partial charge < -0.3 is 0 Å². The second-order valence-electron chi connectivity index (χ2n) is 4.22. The van der Waals surface area contributed by atoms with E-state index in [1.807, 2.05) is 0 Å². The van der Waals surface area contributed by atoms with Gasteiger partial charge in [-0.2, -0.15) is 0 Å². The molecule has 1 aromatic carbocycles. The standard InChI is InChI=1S/C10H16Si/c1-10(2,3)11-9-7-5-4-6-8-9/h4-8H,11H2,1-3H3. The minimum Gasteiger partial charge on any atom is -0.0664 e. The molecule has 0 fully saturated rings. The van der Waals surface area contributed by atoms with Crippen molar-refractivity contribution in [1.82, 2.24) is 0 Å². The van der Waals surface area contributed by atoms with Gasteiger partial charge in [0.15, 0.2) is 0 Å². The Morgan fingerprint density at radius 3 is 2.00 bits per heavy atom. The quantitative estimate of drug-likeness (QED) is 0.554. The molecule has 0 unspecified atom stereocenters. The Kier molecular flexibility index (Phi) is 2.50. The van der Waals surface area contributed by atoms with Gasteiger partial charge in [0.2, 0.25) is 0 Å². The Balaban J connectivity index is 2.66. The van der Waals surface area contributed by atoms with Crippen LogP contribution in [0.1, 0.15) is 20.8 Å². The number of benzene rings is 1. The van der Waals surface area contributed by atoms with Crippen LogP contribution in [0.3, 0.4) is 0 Å². The molecule has 60 valence electrons. The lowest BCUT2D eigenvalue weighted by Crippen LogP contribution is -2.22. The van der Waals surface area contributed by atoms with Crippen molar-refractivity contribution in [3.05, 3.63) is 30.3 Å². The van der Waals surface area contributed by atoms with E-state index >= 15 is 0 Å². The van der Waals surface area contributed by atoms with E-state index in [4.69, 9.17) is 0 Å². The molecule has 0 aliphatic rings. The highest BCUT2D eigenvalue weighted by Crippen LogP contribution is 2.19. The predicted molar refractivity (Wildman–Crippen MR) is 54.3 cm³/mol. The molecule has 0 saturated carbocycles. The minimum atomic E-state index is -0.0731. The maximum absolute atomic E-state index is 2.33. The van der Waals surface area contributed by atoms with Gasteiger partial charge in [-0.3, -0.25) is 0 Å². The van der Waals surface area contributed by atoms with E-state index in [1.165, 1.54) is 0 Å². The fraction of sp³-hybridized carbons (Fsp3) is 0.400. The summed E-state index contributed by atoms with van der Waals surface area (Å²) in [4.78, 5) is 0. The van der Waals surface area contributed by atoms with Crippen LogP contribution < -0.4 is 5.19 Å².